The van der Waals surface area contributed by atoms with Crippen LogP contribution in [-0.4, -0.2) is 32.3 Å². The number of aryl methyl sites for hydroxylation is 1. The predicted octanol–water partition coefficient (Wildman–Crippen LogP) is 3.08. The zero-order chi connectivity index (χ0) is 24.9. The fraction of sp³-hybridized carbons (Fsp3) is 0.125. The summed E-state index contributed by atoms with van der Waals surface area (Å²) in [6.07, 6.45) is -1.17. The van der Waals surface area contributed by atoms with E-state index >= 15 is 0 Å². The first-order valence-corrected chi connectivity index (χ1v) is 11.6. The molecule has 0 aromatic heterocycles. The molecular weight excluding hydrogens is 458 g/mol. The molecule has 4 N–H and O–H groups in total. The Bertz CT molecular complexity index is 1320. The van der Waals surface area contributed by atoms with Crippen molar-refractivity contribution < 1.29 is 27.5 Å². The highest BCUT2D eigenvalue weighted by atomic mass is 32.2. The fourth-order valence-corrected chi connectivity index (χ4v) is 3.97. The van der Waals surface area contributed by atoms with Crippen LogP contribution < -0.4 is 15.8 Å². The highest BCUT2D eigenvalue weighted by Gasteiger charge is 2.21. The molecule has 0 aliphatic carbocycles. The summed E-state index contributed by atoms with van der Waals surface area (Å²) >= 11 is 0. The molecule has 0 fully saturated rings. The van der Waals surface area contributed by atoms with Crippen LogP contribution in [0, 0.1) is 6.92 Å². The molecule has 0 heterocycles. The van der Waals surface area contributed by atoms with E-state index in [-0.39, 0.29) is 16.0 Å². The second-order valence-electron chi connectivity index (χ2n) is 7.48. The van der Waals surface area contributed by atoms with Gasteiger partial charge in [0.05, 0.1) is 10.5 Å². The third kappa shape index (κ3) is 6.20. The zero-order valence-electron chi connectivity index (χ0n) is 18.4. The summed E-state index contributed by atoms with van der Waals surface area (Å²) in [5.74, 6) is -2.07. The van der Waals surface area contributed by atoms with Gasteiger partial charge in [-0.1, -0.05) is 23.8 Å². The summed E-state index contributed by atoms with van der Waals surface area (Å²) < 4.78 is 33.1. The van der Waals surface area contributed by atoms with E-state index in [9.17, 15) is 22.8 Å². The molecule has 3 aromatic rings. The Morgan fingerprint density at radius 1 is 0.882 bits per heavy atom. The van der Waals surface area contributed by atoms with Crippen LogP contribution >= 0.6 is 0 Å². The monoisotopic (exact) mass is 481 g/mol. The highest BCUT2D eigenvalue weighted by Crippen LogP contribution is 2.19. The summed E-state index contributed by atoms with van der Waals surface area (Å²) in [4.78, 5) is 35.9. The number of carbonyl (C=O) groups excluding carboxylic acids is 3. The molecule has 10 heteroatoms. The van der Waals surface area contributed by atoms with Crippen molar-refractivity contribution >= 4 is 39.2 Å². The number of nitrogens with two attached hydrogens (primary N) is 1. The quantitative estimate of drug-likeness (QED) is 0.422. The van der Waals surface area contributed by atoms with Gasteiger partial charge in [0.1, 0.15) is 0 Å². The Balaban J connectivity index is 1.66. The molecule has 0 spiro atoms. The van der Waals surface area contributed by atoms with E-state index in [1.165, 1.54) is 55.5 Å². The zero-order valence-corrected chi connectivity index (χ0v) is 19.3. The number of benzene rings is 3. The molecule has 34 heavy (non-hydrogen) atoms. The van der Waals surface area contributed by atoms with E-state index in [1.54, 1.807) is 24.3 Å². The van der Waals surface area contributed by atoms with Crippen LogP contribution in [-0.2, 0) is 19.6 Å². The molecule has 9 nitrogen and oxygen atoms in total. The molecule has 1 unspecified atom stereocenters. The maximum absolute atomic E-state index is 12.7. The van der Waals surface area contributed by atoms with Gasteiger partial charge in [0.25, 0.3) is 15.9 Å². The standard InChI is InChI=1S/C24H23N3O6S/c1-15-6-10-20(11-7-15)27-34(31,32)21-5-3-4-18(14-21)24(30)33-16(2)23(29)26-19-12-8-17(9-13-19)22(25)28/h3-14,16,27H,1-2H3,(H2,25,28)(H,26,29). The molecule has 0 aliphatic heterocycles. The third-order valence-electron chi connectivity index (χ3n) is 4.77. The molecule has 0 aliphatic rings. The van der Waals surface area contributed by atoms with Crippen LogP contribution in [0.2, 0.25) is 0 Å². The summed E-state index contributed by atoms with van der Waals surface area (Å²) in [7, 11) is -3.95. The summed E-state index contributed by atoms with van der Waals surface area (Å²) in [5, 5.41) is 2.56. The van der Waals surface area contributed by atoms with E-state index in [0.29, 0.717) is 11.4 Å². The van der Waals surface area contributed by atoms with Crippen LogP contribution in [0.15, 0.2) is 77.7 Å². The number of amides is 2. The van der Waals surface area contributed by atoms with Crippen LogP contribution in [0.3, 0.4) is 0 Å². The average molecular weight is 482 g/mol. The first kappa shape index (κ1) is 24.5. The predicted molar refractivity (Wildman–Crippen MR) is 127 cm³/mol. The maximum Gasteiger partial charge on any atom is 0.338 e. The van der Waals surface area contributed by atoms with Gasteiger partial charge in [-0.15, -0.1) is 0 Å². The van der Waals surface area contributed by atoms with Gasteiger partial charge >= 0.3 is 5.97 Å². The summed E-state index contributed by atoms with van der Waals surface area (Å²) in [6.45, 7) is 3.26. The van der Waals surface area contributed by atoms with Gasteiger partial charge in [-0.3, -0.25) is 14.3 Å². The Labute approximate surface area is 197 Å². The van der Waals surface area contributed by atoms with Crippen LogP contribution in [0.5, 0.6) is 0 Å². The molecule has 0 saturated heterocycles. The second-order valence-corrected chi connectivity index (χ2v) is 9.16. The minimum atomic E-state index is -3.95. The molecule has 0 bridgehead atoms. The summed E-state index contributed by atoms with van der Waals surface area (Å²) in [6, 6.07) is 18.0. The largest absolute Gasteiger partial charge is 0.449 e. The van der Waals surface area contributed by atoms with Crippen LogP contribution in [0.1, 0.15) is 33.2 Å². The lowest BCUT2D eigenvalue weighted by molar-refractivity contribution is -0.123. The molecular formula is C24H23N3O6S. The number of nitrogens with one attached hydrogen (secondary N) is 2. The third-order valence-corrected chi connectivity index (χ3v) is 6.15. The van der Waals surface area contributed by atoms with Crippen molar-refractivity contribution in [1.29, 1.82) is 0 Å². The van der Waals surface area contributed by atoms with Crippen LogP contribution in [0.25, 0.3) is 0 Å². The number of ether oxygens (including phenoxy) is 1. The Morgan fingerprint density at radius 3 is 2.12 bits per heavy atom. The molecule has 3 rings (SSSR count). The van der Waals surface area contributed by atoms with Crippen molar-refractivity contribution in [1.82, 2.24) is 0 Å². The normalized spacial score (nSPS) is 11.8. The molecule has 0 saturated carbocycles. The highest BCUT2D eigenvalue weighted by molar-refractivity contribution is 7.92. The number of carbonyl (C=O) groups is 3. The lowest BCUT2D eigenvalue weighted by Crippen LogP contribution is -2.30. The molecule has 176 valence electrons. The number of sulfonamides is 1. The Hall–Kier alpha value is -4.18. The van der Waals surface area contributed by atoms with Crippen molar-refractivity contribution in [2.45, 2.75) is 24.8 Å². The van der Waals surface area contributed by atoms with Gasteiger partial charge in [-0.25, -0.2) is 13.2 Å². The summed E-state index contributed by atoms with van der Waals surface area (Å²) in [5.41, 5.74) is 7.18. The van der Waals surface area contributed by atoms with Crippen molar-refractivity contribution in [3.05, 3.63) is 89.5 Å². The first-order chi connectivity index (χ1) is 16.0. The van der Waals surface area contributed by atoms with E-state index in [1.807, 2.05) is 6.92 Å². The van der Waals surface area contributed by atoms with E-state index in [4.69, 9.17) is 10.5 Å². The van der Waals surface area contributed by atoms with Crippen molar-refractivity contribution in [3.8, 4) is 0 Å². The van der Waals surface area contributed by atoms with E-state index in [2.05, 4.69) is 10.0 Å². The maximum atomic E-state index is 12.7. The number of hydrogen-bond acceptors (Lipinski definition) is 6. The minimum absolute atomic E-state index is 0.0303. The Morgan fingerprint density at radius 2 is 1.50 bits per heavy atom. The van der Waals surface area contributed by atoms with Crippen molar-refractivity contribution in [2.24, 2.45) is 5.73 Å². The van der Waals surface area contributed by atoms with E-state index < -0.39 is 33.9 Å². The number of primary amides is 1. The number of esters is 1. The van der Waals surface area contributed by atoms with Gasteiger partial charge in [0, 0.05) is 16.9 Å². The topological polar surface area (TPSA) is 145 Å². The van der Waals surface area contributed by atoms with Gasteiger partial charge in [0.15, 0.2) is 6.10 Å². The number of anilines is 2. The van der Waals surface area contributed by atoms with Crippen LogP contribution in [0.4, 0.5) is 11.4 Å². The van der Waals surface area contributed by atoms with Gasteiger partial charge in [-0.05, 0) is 68.4 Å². The van der Waals surface area contributed by atoms with Crippen molar-refractivity contribution in [3.63, 3.8) is 0 Å². The van der Waals surface area contributed by atoms with E-state index in [0.717, 1.165) is 5.56 Å². The number of hydrogen-bond donors (Lipinski definition) is 3. The van der Waals surface area contributed by atoms with Gasteiger partial charge in [0.2, 0.25) is 5.91 Å². The van der Waals surface area contributed by atoms with Gasteiger partial charge in [-0.2, -0.15) is 0 Å². The smallest absolute Gasteiger partial charge is 0.338 e. The Kier molecular flexibility index (Phi) is 7.32. The molecule has 3 aromatic carbocycles. The lowest BCUT2D eigenvalue weighted by atomic mass is 10.2. The SMILES string of the molecule is Cc1ccc(NS(=O)(=O)c2cccc(C(=O)OC(C)C(=O)Nc3ccc(C(N)=O)cc3)c2)cc1. The second kappa shape index (κ2) is 10.2. The molecule has 0 radical (unpaired) electrons. The van der Waals surface area contributed by atoms with Crippen molar-refractivity contribution in [2.75, 3.05) is 10.0 Å². The van der Waals surface area contributed by atoms with Gasteiger partial charge < -0.3 is 15.8 Å². The average Bonchev–Trinajstić information content (AvgIpc) is 2.80. The molecule has 1 atom stereocenters. The fourth-order valence-electron chi connectivity index (χ4n) is 2.87. The number of rotatable bonds is 8. The lowest BCUT2D eigenvalue weighted by Gasteiger charge is -2.14. The first-order valence-electron chi connectivity index (χ1n) is 10.2. The molecule has 2 amide bonds. The minimum Gasteiger partial charge on any atom is -0.449 e.